The molecule has 3 aromatic carbocycles. The lowest BCUT2D eigenvalue weighted by molar-refractivity contribution is -0.139. The predicted molar refractivity (Wildman–Crippen MR) is 150 cm³/mol. The van der Waals surface area contributed by atoms with Gasteiger partial charge in [0.25, 0.3) is 10.0 Å². The summed E-state index contributed by atoms with van der Waals surface area (Å²) in [6.45, 7) is 5.24. The van der Waals surface area contributed by atoms with Gasteiger partial charge in [0, 0.05) is 22.6 Å². The monoisotopic (exact) mass is 605 g/mol. The maximum absolute atomic E-state index is 13.8. The summed E-state index contributed by atoms with van der Waals surface area (Å²) < 4.78 is 29.5. The zero-order valence-electron chi connectivity index (χ0n) is 20.8. The zero-order chi connectivity index (χ0) is 27.2. The number of hydrogen-bond acceptors (Lipinski definition) is 4. The lowest BCUT2D eigenvalue weighted by Gasteiger charge is -2.32. The zero-order valence-corrected chi connectivity index (χ0v) is 24.0. The van der Waals surface area contributed by atoms with E-state index in [9.17, 15) is 18.0 Å². The van der Waals surface area contributed by atoms with E-state index in [4.69, 9.17) is 11.6 Å². The molecular formula is C27H29BrClN3O4S. The minimum Gasteiger partial charge on any atom is -0.355 e. The number of benzene rings is 3. The van der Waals surface area contributed by atoms with Crippen LogP contribution in [0.25, 0.3) is 0 Å². The number of hydrogen-bond donors (Lipinski definition) is 1. The van der Waals surface area contributed by atoms with Crippen LogP contribution in [-0.4, -0.2) is 44.3 Å². The van der Waals surface area contributed by atoms with E-state index in [0.29, 0.717) is 22.8 Å². The molecular weight excluding hydrogens is 578 g/mol. The number of carbonyl (C=O) groups is 2. The standard InChI is InChI=1S/C27H29BrClN3O4S/c1-4-30-27(34)20(3)31(17-21-9-7-10-22(28)16-21)26(33)18-32(25-11-6-5-8-19(25)2)37(35,36)24-14-12-23(29)13-15-24/h5-16,20H,4,17-18H2,1-3H3,(H,30,34)/t20-/m1/s1. The smallest absolute Gasteiger partial charge is 0.264 e. The number of rotatable bonds is 10. The Balaban J connectivity index is 2.04. The summed E-state index contributed by atoms with van der Waals surface area (Å²) in [5, 5.41) is 3.14. The molecule has 2 amide bonds. The molecule has 0 aliphatic heterocycles. The Hall–Kier alpha value is -2.88. The molecule has 0 aromatic heterocycles. The first-order valence-electron chi connectivity index (χ1n) is 11.7. The molecule has 0 saturated carbocycles. The molecule has 0 aliphatic carbocycles. The lowest BCUT2D eigenvalue weighted by atomic mass is 10.1. The number of carbonyl (C=O) groups excluding carboxylic acids is 2. The highest BCUT2D eigenvalue weighted by molar-refractivity contribution is 9.10. The van der Waals surface area contributed by atoms with E-state index < -0.39 is 28.5 Å². The lowest BCUT2D eigenvalue weighted by Crippen LogP contribution is -2.51. The summed E-state index contributed by atoms with van der Waals surface area (Å²) >= 11 is 9.41. The molecule has 0 radical (unpaired) electrons. The van der Waals surface area contributed by atoms with Gasteiger partial charge in [-0.05, 0) is 74.4 Å². The SMILES string of the molecule is CCNC(=O)[C@@H](C)N(Cc1cccc(Br)c1)C(=O)CN(c1ccccc1C)S(=O)(=O)c1ccc(Cl)cc1. The van der Waals surface area contributed by atoms with E-state index in [1.165, 1.54) is 29.2 Å². The number of nitrogens with zero attached hydrogens (tertiary/aromatic N) is 2. The van der Waals surface area contributed by atoms with Crippen molar-refractivity contribution < 1.29 is 18.0 Å². The molecule has 10 heteroatoms. The van der Waals surface area contributed by atoms with Crippen molar-refractivity contribution in [3.05, 3.63) is 93.4 Å². The number of halogens is 2. The molecule has 0 bridgehead atoms. The second-order valence-corrected chi connectivity index (χ2v) is 11.7. The summed E-state index contributed by atoms with van der Waals surface area (Å²) in [6.07, 6.45) is 0. The van der Waals surface area contributed by atoms with Crippen molar-refractivity contribution in [3.63, 3.8) is 0 Å². The number of para-hydroxylation sites is 1. The molecule has 7 nitrogen and oxygen atoms in total. The molecule has 0 heterocycles. The Labute approximate surface area is 231 Å². The Morgan fingerprint density at radius 3 is 2.32 bits per heavy atom. The molecule has 3 rings (SSSR count). The molecule has 3 aromatic rings. The van der Waals surface area contributed by atoms with Gasteiger partial charge < -0.3 is 10.2 Å². The summed E-state index contributed by atoms with van der Waals surface area (Å²) in [5.74, 6) is -0.839. The number of likely N-dealkylation sites (N-methyl/N-ethyl adjacent to an activating group) is 1. The highest BCUT2D eigenvalue weighted by atomic mass is 79.9. The van der Waals surface area contributed by atoms with E-state index >= 15 is 0 Å². The third-order valence-corrected chi connectivity index (χ3v) is 8.34. The highest BCUT2D eigenvalue weighted by Gasteiger charge is 2.33. The number of aryl methyl sites for hydroxylation is 1. The molecule has 0 saturated heterocycles. The molecule has 0 fully saturated rings. The van der Waals surface area contributed by atoms with Crippen LogP contribution in [0.2, 0.25) is 5.02 Å². The van der Waals surface area contributed by atoms with E-state index in [1.54, 1.807) is 45.0 Å². The van der Waals surface area contributed by atoms with E-state index in [1.807, 2.05) is 24.3 Å². The van der Waals surface area contributed by atoms with Gasteiger partial charge in [-0.25, -0.2) is 8.42 Å². The van der Waals surface area contributed by atoms with Crippen molar-refractivity contribution >= 4 is 55.1 Å². The average Bonchev–Trinajstić information content (AvgIpc) is 2.86. The fraction of sp³-hybridized carbons (Fsp3) is 0.259. The van der Waals surface area contributed by atoms with Crippen molar-refractivity contribution in [1.82, 2.24) is 10.2 Å². The van der Waals surface area contributed by atoms with Crippen LogP contribution < -0.4 is 9.62 Å². The van der Waals surface area contributed by atoms with Crippen LogP contribution >= 0.6 is 27.5 Å². The quantitative estimate of drug-likeness (QED) is 0.346. The maximum Gasteiger partial charge on any atom is 0.264 e. The molecule has 0 aliphatic rings. The number of amides is 2. The third-order valence-electron chi connectivity index (χ3n) is 5.82. The van der Waals surface area contributed by atoms with Gasteiger partial charge in [0.1, 0.15) is 12.6 Å². The first-order valence-corrected chi connectivity index (χ1v) is 14.3. The normalized spacial score (nSPS) is 12.0. The fourth-order valence-corrected chi connectivity index (χ4v) is 5.88. The van der Waals surface area contributed by atoms with Crippen LogP contribution in [0.5, 0.6) is 0 Å². The second kappa shape index (κ2) is 12.6. The van der Waals surface area contributed by atoms with E-state index in [-0.39, 0.29) is 17.3 Å². The van der Waals surface area contributed by atoms with E-state index in [0.717, 1.165) is 14.3 Å². The molecule has 1 N–H and O–H groups in total. The first-order chi connectivity index (χ1) is 17.5. The Morgan fingerprint density at radius 2 is 1.70 bits per heavy atom. The van der Waals surface area contributed by atoms with Crippen molar-refractivity contribution in [1.29, 1.82) is 0 Å². The molecule has 37 heavy (non-hydrogen) atoms. The van der Waals surface area contributed by atoms with Crippen LogP contribution in [0.4, 0.5) is 5.69 Å². The first kappa shape index (κ1) is 28.7. The number of anilines is 1. The topological polar surface area (TPSA) is 86.8 Å². The van der Waals surface area contributed by atoms with Crippen LogP contribution in [0.3, 0.4) is 0 Å². The fourth-order valence-electron chi connectivity index (χ4n) is 3.83. The summed E-state index contributed by atoms with van der Waals surface area (Å²) in [4.78, 5) is 28.0. The Bertz CT molecular complexity index is 1370. The van der Waals surface area contributed by atoms with Gasteiger partial charge >= 0.3 is 0 Å². The summed E-state index contributed by atoms with van der Waals surface area (Å²) in [7, 11) is -4.14. The molecule has 196 valence electrons. The highest BCUT2D eigenvalue weighted by Crippen LogP contribution is 2.28. The Kier molecular flexibility index (Phi) is 9.75. The van der Waals surface area contributed by atoms with Crippen molar-refractivity contribution in [2.75, 3.05) is 17.4 Å². The van der Waals surface area contributed by atoms with Crippen LogP contribution in [-0.2, 0) is 26.2 Å². The minimum absolute atomic E-state index is 0.00303. The van der Waals surface area contributed by atoms with Crippen molar-refractivity contribution in [3.8, 4) is 0 Å². The Morgan fingerprint density at radius 1 is 1.03 bits per heavy atom. The van der Waals surface area contributed by atoms with Gasteiger partial charge in [0.2, 0.25) is 11.8 Å². The van der Waals surface area contributed by atoms with Gasteiger partial charge in [-0.1, -0.05) is 57.9 Å². The minimum atomic E-state index is -4.14. The van der Waals surface area contributed by atoms with Gasteiger partial charge in [-0.2, -0.15) is 0 Å². The summed E-state index contributed by atoms with van der Waals surface area (Å²) in [6, 6.07) is 19.3. The second-order valence-electron chi connectivity index (χ2n) is 8.47. The summed E-state index contributed by atoms with van der Waals surface area (Å²) in [5.41, 5.74) is 1.85. The van der Waals surface area contributed by atoms with Crippen LogP contribution in [0.1, 0.15) is 25.0 Å². The van der Waals surface area contributed by atoms with Crippen molar-refractivity contribution in [2.45, 2.75) is 38.3 Å². The number of sulfonamides is 1. The van der Waals surface area contributed by atoms with Gasteiger partial charge in [0.05, 0.1) is 10.6 Å². The number of nitrogens with one attached hydrogen (secondary N) is 1. The molecule has 0 spiro atoms. The van der Waals surface area contributed by atoms with Crippen LogP contribution in [0.15, 0.2) is 82.2 Å². The van der Waals surface area contributed by atoms with Crippen LogP contribution in [0, 0.1) is 6.92 Å². The molecule has 0 unspecified atom stereocenters. The van der Waals surface area contributed by atoms with Gasteiger partial charge in [0.15, 0.2) is 0 Å². The van der Waals surface area contributed by atoms with Crippen molar-refractivity contribution in [2.24, 2.45) is 0 Å². The predicted octanol–water partition coefficient (Wildman–Crippen LogP) is 5.16. The van der Waals surface area contributed by atoms with E-state index in [2.05, 4.69) is 21.2 Å². The maximum atomic E-state index is 13.8. The molecule has 1 atom stereocenters. The van der Waals surface area contributed by atoms with Gasteiger partial charge in [-0.15, -0.1) is 0 Å². The average molecular weight is 607 g/mol. The third kappa shape index (κ3) is 7.12. The largest absolute Gasteiger partial charge is 0.355 e. The van der Waals surface area contributed by atoms with Gasteiger partial charge in [-0.3, -0.25) is 13.9 Å².